The van der Waals surface area contributed by atoms with Crippen molar-refractivity contribution in [1.29, 1.82) is 0 Å². The number of aromatic nitrogens is 5. The Morgan fingerprint density at radius 2 is 1.79 bits per heavy atom. The van der Waals surface area contributed by atoms with Gasteiger partial charge in [-0.15, -0.1) is 10.2 Å². The molecule has 0 saturated carbocycles. The van der Waals surface area contributed by atoms with Gasteiger partial charge in [-0.3, -0.25) is 9.47 Å². The second-order valence-corrected chi connectivity index (χ2v) is 6.87. The molecule has 2 aliphatic heterocycles. The zero-order valence-electron chi connectivity index (χ0n) is 15.0. The number of hydrogen-bond donors (Lipinski definition) is 0. The van der Waals surface area contributed by atoms with Crippen LogP contribution in [-0.2, 0) is 13.2 Å². The Morgan fingerprint density at radius 1 is 0.929 bits per heavy atom. The van der Waals surface area contributed by atoms with Gasteiger partial charge in [-0.05, 0) is 29.8 Å². The Bertz CT molecular complexity index is 1150. The normalized spacial score (nSPS) is 15.9. The van der Waals surface area contributed by atoms with E-state index in [1.807, 2.05) is 35.0 Å². The van der Waals surface area contributed by atoms with Crippen molar-refractivity contribution < 1.29 is 9.47 Å². The average Bonchev–Trinajstić information content (AvgIpc) is 3.46. The van der Waals surface area contributed by atoms with Crippen molar-refractivity contribution in [1.82, 2.24) is 29.3 Å². The number of hydrogen-bond acceptors (Lipinski definition) is 7. The van der Waals surface area contributed by atoms with Crippen LogP contribution in [0.25, 0.3) is 11.0 Å². The molecule has 0 bridgehead atoms. The molecular formula is C19H17N7O2. The Kier molecular flexibility index (Phi) is 3.29. The molecule has 0 atom stereocenters. The third-order valence-corrected chi connectivity index (χ3v) is 5.07. The van der Waals surface area contributed by atoms with Crippen molar-refractivity contribution in [3.8, 4) is 11.5 Å². The first-order valence-electron chi connectivity index (χ1n) is 9.04. The molecule has 4 aromatic rings. The van der Waals surface area contributed by atoms with Gasteiger partial charge in [0, 0.05) is 6.54 Å². The zero-order valence-corrected chi connectivity index (χ0v) is 15.0. The molecule has 0 amide bonds. The Morgan fingerprint density at radius 3 is 2.71 bits per heavy atom. The van der Waals surface area contributed by atoms with Crippen LogP contribution in [0, 0.1) is 0 Å². The predicted molar refractivity (Wildman–Crippen MR) is 101 cm³/mol. The lowest BCUT2D eigenvalue weighted by Gasteiger charge is -2.36. The summed E-state index contributed by atoms with van der Waals surface area (Å²) < 4.78 is 15.0. The summed E-state index contributed by atoms with van der Waals surface area (Å²) in [6.45, 7) is 2.45. The van der Waals surface area contributed by atoms with Crippen LogP contribution >= 0.6 is 0 Å². The fourth-order valence-corrected chi connectivity index (χ4v) is 3.79. The average molecular weight is 375 g/mol. The number of anilines is 1. The largest absolute Gasteiger partial charge is 0.454 e. The molecule has 4 heterocycles. The van der Waals surface area contributed by atoms with Crippen LogP contribution in [-0.4, -0.2) is 42.8 Å². The molecule has 0 aliphatic carbocycles. The highest BCUT2D eigenvalue weighted by molar-refractivity contribution is 5.79. The van der Waals surface area contributed by atoms with E-state index in [2.05, 4.69) is 36.8 Å². The maximum Gasteiger partial charge on any atom is 0.231 e. The van der Waals surface area contributed by atoms with E-state index in [-0.39, 0.29) is 6.79 Å². The minimum Gasteiger partial charge on any atom is -0.454 e. The molecule has 6 rings (SSSR count). The van der Waals surface area contributed by atoms with E-state index in [0.29, 0.717) is 6.67 Å². The molecular weight excluding hydrogens is 358 g/mol. The van der Waals surface area contributed by atoms with Gasteiger partial charge in [0.2, 0.25) is 12.7 Å². The molecule has 0 spiro atoms. The fraction of sp³-hybridized carbons (Fsp3) is 0.211. The van der Waals surface area contributed by atoms with Gasteiger partial charge in [0.15, 0.2) is 11.5 Å². The highest BCUT2D eigenvalue weighted by atomic mass is 16.7. The van der Waals surface area contributed by atoms with Crippen molar-refractivity contribution in [2.75, 3.05) is 18.5 Å². The fourth-order valence-electron chi connectivity index (χ4n) is 3.79. The van der Waals surface area contributed by atoms with Gasteiger partial charge in [-0.1, -0.05) is 18.2 Å². The minimum absolute atomic E-state index is 0.286. The number of benzene rings is 2. The Labute approximate surface area is 160 Å². The lowest BCUT2D eigenvalue weighted by atomic mass is 10.2. The standard InChI is InChI=1S/C19H17N7O2/c1-2-4-16-15(3-1)22-19-25(16)11-23(12-26(19)24-9-20-21-10-24)8-14-5-6-17-18(7-14)28-13-27-17/h1-7,9-10H,8,11-13H2. The van der Waals surface area contributed by atoms with E-state index < -0.39 is 0 Å². The molecule has 0 unspecified atom stereocenters. The molecule has 0 N–H and O–H groups in total. The van der Waals surface area contributed by atoms with Crippen molar-refractivity contribution in [2.45, 2.75) is 13.2 Å². The maximum atomic E-state index is 5.52. The Balaban J connectivity index is 1.38. The topological polar surface area (TPSA) is 73.5 Å². The second kappa shape index (κ2) is 5.96. The van der Waals surface area contributed by atoms with Gasteiger partial charge in [-0.2, -0.15) is 0 Å². The van der Waals surface area contributed by atoms with Gasteiger partial charge in [0.25, 0.3) is 0 Å². The van der Waals surface area contributed by atoms with Gasteiger partial charge in [0.05, 0.1) is 24.4 Å². The molecule has 140 valence electrons. The van der Waals surface area contributed by atoms with Crippen LogP contribution in [0.5, 0.6) is 11.5 Å². The zero-order chi connectivity index (χ0) is 18.5. The number of rotatable bonds is 3. The van der Waals surface area contributed by atoms with E-state index in [9.17, 15) is 0 Å². The van der Waals surface area contributed by atoms with E-state index in [1.54, 1.807) is 12.7 Å². The second-order valence-electron chi connectivity index (χ2n) is 6.87. The summed E-state index contributed by atoms with van der Waals surface area (Å²) >= 11 is 0. The maximum absolute atomic E-state index is 5.52. The summed E-state index contributed by atoms with van der Waals surface area (Å²) in [5, 5.41) is 9.98. The quantitative estimate of drug-likeness (QED) is 0.543. The van der Waals surface area contributed by atoms with E-state index in [4.69, 9.17) is 14.5 Å². The number of imidazole rings is 1. The number of para-hydroxylation sites is 2. The molecule has 0 saturated heterocycles. The van der Waals surface area contributed by atoms with E-state index >= 15 is 0 Å². The monoisotopic (exact) mass is 375 g/mol. The summed E-state index contributed by atoms with van der Waals surface area (Å²) in [4.78, 5) is 7.16. The van der Waals surface area contributed by atoms with Gasteiger partial charge < -0.3 is 9.47 Å². The number of fused-ring (bicyclic) bond motifs is 4. The molecule has 9 heteroatoms. The first kappa shape index (κ1) is 15.5. The van der Waals surface area contributed by atoms with Crippen LogP contribution < -0.4 is 14.5 Å². The third kappa shape index (κ3) is 2.40. The highest BCUT2D eigenvalue weighted by Gasteiger charge is 2.27. The van der Waals surface area contributed by atoms with Gasteiger partial charge >= 0.3 is 0 Å². The summed E-state index contributed by atoms with van der Waals surface area (Å²) in [6, 6.07) is 14.3. The summed E-state index contributed by atoms with van der Waals surface area (Å²) in [5.41, 5.74) is 3.24. The molecule has 2 aliphatic rings. The minimum atomic E-state index is 0.286. The van der Waals surface area contributed by atoms with Crippen LogP contribution in [0.3, 0.4) is 0 Å². The summed E-state index contributed by atoms with van der Waals surface area (Å²) in [7, 11) is 0. The summed E-state index contributed by atoms with van der Waals surface area (Å²) in [5.74, 6) is 2.48. The van der Waals surface area contributed by atoms with Crippen LogP contribution in [0.4, 0.5) is 5.95 Å². The molecule has 0 radical (unpaired) electrons. The third-order valence-electron chi connectivity index (χ3n) is 5.07. The molecule has 28 heavy (non-hydrogen) atoms. The van der Waals surface area contributed by atoms with E-state index in [0.717, 1.165) is 41.7 Å². The van der Waals surface area contributed by atoms with Crippen molar-refractivity contribution >= 4 is 17.0 Å². The van der Waals surface area contributed by atoms with Crippen LogP contribution in [0.15, 0.2) is 55.1 Å². The van der Waals surface area contributed by atoms with Crippen LogP contribution in [0.2, 0.25) is 0 Å². The number of nitrogens with zero attached hydrogens (tertiary/aromatic N) is 7. The first-order chi connectivity index (χ1) is 13.8. The first-order valence-corrected chi connectivity index (χ1v) is 9.04. The predicted octanol–water partition coefficient (Wildman–Crippen LogP) is 2.06. The lowest BCUT2D eigenvalue weighted by molar-refractivity contribution is 0.173. The smallest absolute Gasteiger partial charge is 0.231 e. The highest BCUT2D eigenvalue weighted by Crippen LogP contribution is 2.33. The SMILES string of the molecule is c1ccc2c(c1)nc1n2CN(Cc2ccc3c(c2)OCO3)CN1n1cnnc1. The summed E-state index contributed by atoms with van der Waals surface area (Å²) in [6.07, 6.45) is 3.38. The van der Waals surface area contributed by atoms with Gasteiger partial charge in [0.1, 0.15) is 12.7 Å². The molecule has 2 aromatic carbocycles. The number of ether oxygens (including phenoxy) is 2. The van der Waals surface area contributed by atoms with Crippen molar-refractivity contribution in [3.05, 3.63) is 60.7 Å². The molecule has 2 aromatic heterocycles. The lowest BCUT2D eigenvalue weighted by Crippen LogP contribution is -2.46. The van der Waals surface area contributed by atoms with Gasteiger partial charge in [-0.25, -0.2) is 14.7 Å². The molecule has 9 nitrogen and oxygen atoms in total. The van der Waals surface area contributed by atoms with E-state index in [1.165, 1.54) is 5.56 Å². The Hall–Kier alpha value is -3.59. The van der Waals surface area contributed by atoms with Crippen molar-refractivity contribution in [3.63, 3.8) is 0 Å². The van der Waals surface area contributed by atoms with Crippen molar-refractivity contribution in [2.24, 2.45) is 0 Å². The molecule has 0 fully saturated rings. The van der Waals surface area contributed by atoms with Crippen LogP contribution in [0.1, 0.15) is 5.56 Å².